The van der Waals surface area contributed by atoms with Gasteiger partial charge in [-0.3, -0.25) is 14.2 Å². The number of nitrogens with zero attached hydrogens (tertiary/aromatic N) is 1. The first kappa shape index (κ1) is 16.5. The molecule has 0 atom stereocenters. The van der Waals surface area contributed by atoms with Crippen molar-refractivity contribution >= 4 is 49.7 Å². The van der Waals surface area contributed by atoms with E-state index in [9.17, 15) is 9.59 Å². The van der Waals surface area contributed by atoms with Gasteiger partial charge in [0.2, 0.25) is 0 Å². The number of carbonyl (C=O) groups excluding carboxylic acids is 1. The Morgan fingerprint density at radius 3 is 2.62 bits per heavy atom. The van der Waals surface area contributed by atoms with Crippen LogP contribution in [0.5, 0.6) is 0 Å². The van der Waals surface area contributed by atoms with E-state index in [1.807, 2.05) is 0 Å². The molecule has 0 aliphatic rings. The van der Waals surface area contributed by atoms with E-state index in [1.54, 1.807) is 24.3 Å². The van der Waals surface area contributed by atoms with Crippen molar-refractivity contribution in [1.82, 2.24) is 4.57 Å². The van der Waals surface area contributed by atoms with Gasteiger partial charge in [0.1, 0.15) is 0 Å². The summed E-state index contributed by atoms with van der Waals surface area (Å²) in [6, 6.07) is 7.06. The van der Waals surface area contributed by atoms with Crippen LogP contribution in [0.1, 0.15) is 22.3 Å². The first-order chi connectivity index (χ1) is 10.1. The molecule has 21 heavy (non-hydrogen) atoms. The Labute approximate surface area is 144 Å². The molecule has 2 aromatic rings. The number of pyridine rings is 1. The van der Waals surface area contributed by atoms with Crippen LogP contribution in [0.2, 0.25) is 5.02 Å². The molecule has 6 heteroatoms. The quantitative estimate of drug-likeness (QED) is 0.518. The van der Waals surface area contributed by atoms with Crippen molar-refractivity contribution in [3.05, 3.63) is 61.4 Å². The highest BCUT2D eigenvalue weighted by Crippen LogP contribution is 2.23. The smallest absolute Gasteiger partial charge is 0.259 e. The lowest BCUT2D eigenvalue weighted by molar-refractivity contribution is 0.112. The molecule has 0 bridgehead atoms. The maximum absolute atomic E-state index is 12.7. The van der Waals surface area contributed by atoms with Crippen LogP contribution in [-0.4, -0.2) is 16.2 Å². The average molecular weight is 434 g/mol. The molecular formula is C15H12Br2ClNO2. The first-order valence-electron chi connectivity index (χ1n) is 6.30. The minimum absolute atomic E-state index is 0.165. The Morgan fingerprint density at radius 1 is 1.29 bits per heavy atom. The predicted octanol–water partition coefficient (Wildman–Crippen LogP) is 4.39. The van der Waals surface area contributed by atoms with Crippen molar-refractivity contribution in [1.29, 1.82) is 0 Å². The number of carbonyl (C=O) groups is 1. The summed E-state index contributed by atoms with van der Waals surface area (Å²) in [5.41, 5.74) is 1.42. The number of aromatic nitrogens is 1. The van der Waals surface area contributed by atoms with E-state index in [0.29, 0.717) is 32.7 Å². The van der Waals surface area contributed by atoms with E-state index in [4.69, 9.17) is 11.6 Å². The van der Waals surface area contributed by atoms with Crippen molar-refractivity contribution in [3.8, 4) is 5.69 Å². The lowest BCUT2D eigenvalue weighted by atomic mass is 10.1. The molecular weight excluding hydrogens is 421 g/mol. The number of aldehydes is 1. The lowest BCUT2D eigenvalue weighted by Gasteiger charge is -2.13. The second-order valence-corrected chi connectivity index (χ2v) is 6.41. The number of hydrogen-bond donors (Lipinski definition) is 0. The molecule has 0 N–H and O–H groups in total. The van der Waals surface area contributed by atoms with Crippen LogP contribution in [0.25, 0.3) is 5.69 Å². The monoisotopic (exact) mass is 431 g/mol. The highest BCUT2D eigenvalue weighted by atomic mass is 79.9. The Balaban J connectivity index is 2.70. The standard InChI is InChI=1S/C15H12Br2ClNO2/c16-7-3-4-11-14(17)10(9-20)8-19(15(11)21)13-6-2-1-5-12(13)18/h1-2,5-6,8-9H,3-4,7H2. The van der Waals surface area contributed by atoms with E-state index in [-0.39, 0.29) is 5.56 Å². The van der Waals surface area contributed by atoms with Gasteiger partial charge in [-0.25, -0.2) is 0 Å². The van der Waals surface area contributed by atoms with E-state index >= 15 is 0 Å². The van der Waals surface area contributed by atoms with Crippen molar-refractivity contribution < 1.29 is 4.79 Å². The van der Waals surface area contributed by atoms with Crippen molar-refractivity contribution in [2.75, 3.05) is 5.33 Å². The first-order valence-corrected chi connectivity index (χ1v) is 8.59. The zero-order chi connectivity index (χ0) is 15.4. The van der Waals surface area contributed by atoms with E-state index in [2.05, 4.69) is 31.9 Å². The number of halogens is 3. The van der Waals surface area contributed by atoms with Gasteiger partial charge in [0.15, 0.2) is 6.29 Å². The molecule has 1 aromatic carbocycles. The molecule has 1 aromatic heterocycles. The van der Waals surface area contributed by atoms with Crippen LogP contribution in [0.4, 0.5) is 0 Å². The third-order valence-electron chi connectivity index (χ3n) is 3.06. The van der Waals surface area contributed by atoms with Crippen LogP contribution in [0.15, 0.2) is 39.7 Å². The van der Waals surface area contributed by atoms with Gasteiger partial charge in [-0.2, -0.15) is 0 Å². The second-order valence-electron chi connectivity index (χ2n) is 4.41. The number of alkyl halides is 1. The van der Waals surface area contributed by atoms with Crippen LogP contribution >= 0.6 is 43.5 Å². The molecule has 0 aliphatic heterocycles. The number of rotatable bonds is 5. The molecule has 0 fully saturated rings. The highest BCUT2D eigenvalue weighted by molar-refractivity contribution is 9.10. The predicted molar refractivity (Wildman–Crippen MR) is 92.3 cm³/mol. The van der Waals surface area contributed by atoms with E-state index in [1.165, 1.54) is 10.8 Å². The fourth-order valence-corrected chi connectivity index (χ4v) is 3.11. The van der Waals surface area contributed by atoms with Crippen molar-refractivity contribution in [3.63, 3.8) is 0 Å². The molecule has 0 unspecified atom stereocenters. The summed E-state index contributed by atoms with van der Waals surface area (Å²) < 4.78 is 1.99. The topological polar surface area (TPSA) is 39.1 Å². The van der Waals surface area contributed by atoms with Gasteiger partial charge < -0.3 is 0 Å². The van der Waals surface area contributed by atoms with E-state index in [0.717, 1.165) is 18.0 Å². The van der Waals surface area contributed by atoms with Gasteiger partial charge >= 0.3 is 0 Å². The van der Waals surface area contributed by atoms with Crippen LogP contribution in [0, 0.1) is 0 Å². The second kappa shape index (κ2) is 7.38. The third kappa shape index (κ3) is 3.47. The molecule has 0 saturated heterocycles. The summed E-state index contributed by atoms with van der Waals surface area (Å²) in [5.74, 6) is 0. The zero-order valence-electron chi connectivity index (χ0n) is 11.0. The largest absolute Gasteiger partial charge is 0.298 e. The molecule has 3 nitrogen and oxygen atoms in total. The summed E-state index contributed by atoms with van der Waals surface area (Å²) in [4.78, 5) is 23.9. The van der Waals surface area contributed by atoms with Gasteiger partial charge in [-0.05, 0) is 40.9 Å². The van der Waals surface area contributed by atoms with Gasteiger partial charge in [0, 0.05) is 27.1 Å². The lowest BCUT2D eigenvalue weighted by Crippen LogP contribution is -2.24. The summed E-state index contributed by atoms with van der Waals surface area (Å²) in [6.45, 7) is 0. The van der Waals surface area contributed by atoms with Crippen LogP contribution < -0.4 is 5.56 Å². The normalized spacial score (nSPS) is 10.6. The molecule has 0 amide bonds. The molecule has 0 aliphatic carbocycles. The van der Waals surface area contributed by atoms with Gasteiger partial charge in [-0.15, -0.1) is 0 Å². The molecule has 0 radical (unpaired) electrons. The van der Waals surface area contributed by atoms with Gasteiger partial charge in [-0.1, -0.05) is 39.7 Å². The Hall–Kier alpha value is -0.910. The van der Waals surface area contributed by atoms with Crippen LogP contribution in [0.3, 0.4) is 0 Å². The van der Waals surface area contributed by atoms with Crippen molar-refractivity contribution in [2.24, 2.45) is 0 Å². The van der Waals surface area contributed by atoms with Crippen molar-refractivity contribution in [2.45, 2.75) is 12.8 Å². The Bertz CT molecular complexity index is 728. The number of hydrogen-bond acceptors (Lipinski definition) is 2. The molecule has 110 valence electrons. The average Bonchev–Trinajstić information content (AvgIpc) is 2.48. The Kier molecular flexibility index (Phi) is 5.79. The molecule has 0 spiro atoms. The SMILES string of the molecule is O=Cc1cn(-c2ccccc2Cl)c(=O)c(CCCBr)c1Br. The molecule has 2 rings (SSSR count). The van der Waals surface area contributed by atoms with Gasteiger partial charge in [0.25, 0.3) is 5.56 Å². The fraction of sp³-hybridized carbons (Fsp3) is 0.200. The fourth-order valence-electron chi connectivity index (χ4n) is 2.04. The summed E-state index contributed by atoms with van der Waals surface area (Å²) >= 11 is 12.9. The van der Waals surface area contributed by atoms with Crippen LogP contribution in [-0.2, 0) is 6.42 Å². The molecule has 1 heterocycles. The Morgan fingerprint density at radius 2 is 2.00 bits per heavy atom. The summed E-state index contributed by atoms with van der Waals surface area (Å²) in [7, 11) is 0. The van der Waals surface area contributed by atoms with E-state index < -0.39 is 0 Å². The van der Waals surface area contributed by atoms with Gasteiger partial charge in [0.05, 0.1) is 10.7 Å². The number of para-hydroxylation sites is 1. The third-order valence-corrected chi connectivity index (χ3v) is 4.88. The highest BCUT2D eigenvalue weighted by Gasteiger charge is 2.15. The number of benzene rings is 1. The maximum atomic E-state index is 12.7. The molecule has 0 saturated carbocycles. The summed E-state index contributed by atoms with van der Waals surface area (Å²) in [5, 5.41) is 1.25. The maximum Gasteiger partial charge on any atom is 0.259 e. The zero-order valence-corrected chi connectivity index (χ0v) is 14.9. The summed E-state index contributed by atoms with van der Waals surface area (Å²) in [6.07, 6.45) is 3.63. The minimum Gasteiger partial charge on any atom is -0.298 e. The minimum atomic E-state index is -0.165.